The van der Waals surface area contributed by atoms with Gasteiger partial charge >= 0.3 is 0 Å². The van der Waals surface area contributed by atoms with E-state index in [9.17, 15) is 5.11 Å². The van der Waals surface area contributed by atoms with Crippen LogP contribution >= 0.6 is 11.3 Å². The topological polar surface area (TPSA) is 33.1 Å². The van der Waals surface area contributed by atoms with Gasteiger partial charge in [-0.1, -0.05) is 19.8 Å². The lowest BCUT2D eigenvalue weighted by molar-refractivity contribution is 0.160. The van der Waals surface area contributed by atoms with Crippen molar-refractivity contribution in [2.75, 3.05) is 0 Å². The van der Waals surface area contributed by atoms with E-state index in [1.54, 1.807) is 5.51 Å². The maximum Gasteiger partial charge on any atom is 0.0968 e. The Morgan fingerprint density at radius 1 is 1.73 bits per heavy atom. The van der Waals surface area contributed by atoms with Crippen molar-refractivity contribution in [1.82, 2.24) is 4.98 Å². The van der Waals surface area contributed by atoms with Crippen LogP contribution in [0.25, 0.3) is 0 Å². The Kier molecular flexibility index (Phi) is 3.52. The van der Waals surface area contributed by atoms with E-state index < -0.39 is 0 Å². The molecule has 0 saturated heterocycles. The summed E-state index contributed by atoms with van der Waals surface area (Å²) in [6.07, 6.45) is 2.68. The van der Waals surface area contributed by atoms with E-state index in [1.165, 1.54) is 11.3 Å². The molecule has 0 fully saturated rings. The first kappa shape index (κ1) is 8.68. The SMILES string of the molecule is CCCCC(O)c1cscn1. The highest BCUT2D eigenvalue weighted by Gasteiger charge is 2.07. The highest BCUT2D eigenvalue weighted by Crippen LogP contribution is 2.18. The molecule has 0 aliphatic carbocycles. The molecule has 2 nitrogen and oxygen atoms in total. The van der Waals surface area contributed by atoms with Gasteiger partial charge < -0.3 is 5.11 Å². The van der Waals surface area contributed by atoms with Crippen molar-refractivity contribution in [3.63, 3.8) is 0 Å². The van der Waals surface area contributed by atoms with Crippen LogP contribution in [0.3, 0.4) is 0 Å². The third-order valence-electron chi connectivity index (χ3n) is 1.62. The van der Waals surface area contributed by atoms with Crippen molar-refractivity contribution in [2.45, 2.75) is 32.3 Å². The van der Waals surface area contributed by atoms with Gasteiger partial charge in [0, 0.05) is 5.38 Å². The summed E-state index contributed by atoms with van der Waals surface area (Å²) in [7, 11) is 0. The molecular formula is C8H13NOS. The predicted octanol–water partition coefficient (Wildman–Crippen LogP) is 2.37. The summed E-state index contributed by atoms with van der Waals surface area (Å²) in [5.74, 6) is 0. The number of thiazole rings is 1. The number of rotatable bonds is 4. The molecule has 0 bridgehead atoms. The van der Waals surface area contributed by atoms with E-state index in [4.69, 9.17) is 0 Å². The fourth-order valence-electron chi connectivity index (χ4n) is 0.932. The maximum atomic E-state index is 9.48. The molecule has 0 aliphatic heterocycles. The molecular weight excluding hydrogens is 158 g/mol. The van der Waals surface area contributed by atoms with Crippen LogP contribution in [0.2, 0.25) is 0 Å². The minimum Gasteiger partial charge on any atom is -0.387 e. The van der Waals surface area contributed by atoms with Crippen LogP contribution in [-0.2, 0) is 0 Å². The molecule has 62 valence electrons. The summed E-state index contributed by atoms with van der Waals surface area (Å²) in [5.41, 5.74) is 2.58. The minimum atomic E-state index is -0.346. The number of aromatic nitrogens is 1. The molecule has 0 radical (unpaired) electrons. The first-order valence-electron chi connectivity index (χ1n) is 3.90. The number of nitrogens with zero attached hydrogens (tertiary/aromatic N) is 1. The Bertz CT molecular complexity index is 186. The first-order chi connectivity index (χ1) is 5.34. The van der Waals surface area contributed by atoms with E-state index in [0.717, 1.165) is 25.0 Å². The Morgan fingerprint density at radius 3 is 3.09 bits per heavy atom. The highest BCUT2D eigenvalue weighted by atomic mass is 32.1. The lowest BCUT2D eigenvalue weighted by Gasteiger charge is -2.04. The summed E-state index contributed by atoms with van der Waals surface area (Å²) in [4.78, 5) is 4.04. The van der Waals surface area contributed by atoms with Gasteiger partial charge in [0.05, 0.1) is 17.3 Å². The van der Waals surface area contributed by atoms with Crippen LogP contribution in [0, 0.1) is 0 Å². The average molecular weight is 171 g/mol. The third-order valence-corrected chi connectivity index (χ3v) is 2.23. The normalized spacial score (nSPS) is 13.3. The summed E-state index contributed by atoms with van der Waals surface area (Å²) < 4.78 is 0. The number of hydrogen-bond donors (Lipinski definition) is 1. The Labute approximate surface area is 70.9 Å². The maximum absolute atomic E-state index is 9.48. The molecule has 3 heteroatoms. The second-order valence-electron chi connectivity index (χ2n) is 2.57. The number of hydrogen-bond acceptors (Lipinski definition) is 3. The van der Waals surface area contributed by atoms with Crippen molar-refractivity contribution in [1.29, 1.82) is 0 Å². The van der Waals surface area contributed by atoms with E-state index >= 15 is 0 Å². The van der Waals surface area contributed by atoms with Crippen LogP contribution in [0.15, 0.2) is 10.9 Å². The molecule has 0 aliphatic rings. The van der Waals surface area contributed by atoms with Gasteiger partial charge in [0.15, 0.2) is 0 Å². The van der Waals surface area contributed by atoms with Crippen molar-refractivity contribution >= 4 is 11.3 Å². The Morgan fingerprint density at radius 2 is 2.55 bits per heavy atom. The van der Waals surface area contributed by atoms with Gasteiger partial charge in [0.25, 0.3) is 0 Å². The van der Waals surface area contributed by atoms with Crippen LogP contribution in [-0.4, -0.2) is 10.1 Å². The molecule has 0 aromatic carbocycles. The van der Waals surface area contributed by atoms with Gasteiger partial charge in [-0.3, -0.25) is 0 Å². The van der Waals surface area contributed by atoms with Crippen LogP contribution in [0.5, 0.6) is 0 Å². The molecule has 0 spiro atoms. The van der Waals surface area contributed by atoms with Gasteiger partial charge in [-0.05, 0) is 6.42 Å². The molecule has 0 saturated carbocycles. The summed E-state index contributed by atoms with van der Waals surface area (Å²) in [6.45, 7) is 2.12. The second kappa shape index (κ2) is 4.46. The molecule has 11 heavy (non-hydrogen) atoms. The third kappa shape index (κ3) is 2.60. The monoisotopic (exact) mass is 171 g/mol. The zero-order chi connectivity index (χ0) is 8.10. The van der Waals surface area contributed by atoms with Gasteiger partial charge in [0.1, 0.15) is 0 Å². The Hall–Kier alpha value is -0.410. The summed E-state index contributed by atoms with van der Waals surface area (Å²) >= 11 is 1.53. The molecule has 1 atom stereocenters. The molecule has 1 aromatic heterocycles. The molecule has 1 rings (SSSR count). The van der Waals surface area contributed by atoms with Gasteiger partial charge in [-0.15, -0.1) is 11.3 Å². The average Bonchev–Trinajstić information content (AvgIpc) is 2.52. The van der Waals surface area contributed by atoms with Gasteiger partial charge in [-0.2, -0.15) is 0 Å². The zero-order valence-corrected chi connectivity index (χ0v) is 7.47. The molecule has 1 heterocycles. The number of unbranched alkanes of at least 4 members (excludes halogenated alkanes) is 1. The lowest BCUT2D eigenvalue weighted by atomic mass is 10.1. The van der Waals surface area contributed by atoms with E-state index in [-0.39, 0.29) is 6.10 Å². The quantitative estimate of drug-likeness (QED) is 0.754. The van der Waals surface area contributed by atoms with Crippen LogP contribution in [0.1, 0.15) is 38.0 Å². The van der Waals surface area contributed by atoms with E-state index in [0.29, 0.717) is 0 Å². The molecule has 1 unspecified atom stereocenters. The van der Waals surface area contributed by atoms with Crippen molar-refractivity contribution in [3.8, 4) is 0 Å². The molecule has 1 N–H and O–H groups in total. The van der Waals surface area contributed by atoms with Crippen molar-refractivity contribution in [3.05, 3.63) is 16.6 Å². The minimum absolute atomic E-state index is 0.346. The number of aliphatic hydroxyl groups is 1. The van der Waals surface area contributed by atoms with Crippen LogP contribution < -0.4 is 0 Å². The van der Waals surface area contributed by atoms with Crippen molar-refractivity contribution in [2.24, 2.45) is 0 Å². The summed E-state index contributed by atoms with van der Waals surface area (Å²) in [5, 5.41) is 11.4. The van der Waals surface area contributed by atoms with Crippen LogP contribution in [0.4, 0.5) is 0 Å². The summed E-state index contributed by atoms with van der Waals surface area (Å²) in [6, 6.07) is 0. The fourth-order valence-corrected chi connectivity index (χ4v) is 1.53. The zero-order valence-electron chi connectivity index (χ0n) is 6.66. The standard InChI is InChI=1S/C8H13NOS/c1-2-3-4-8(10)7-5-11-6-9-7/h5-6,8,10H,2-4H2,1H3. The Balaban J connectivity index is 2.36. The molecule has 0 amide bonds. The van der Waals surface area contributed by atoms with E-state index in [2.05, 4.69) is 11.9 Å². The molecule has 1 aromatic rings. The smallest absolute Gasteiger partial charge is 0.0968 e. The second-order valence-corrected chi connectivity index (χ2v) is 3.29. The fraction of sp³-hybridized carbons (Fsp3) is 0.625. The van der Waals surface area contributed by atoms with Gasteiger partial charge in [-0.25, -0.2) is 4.98 Å². The largest absolute Gasteiger partial charge is 0.387 e. The number of aliphatic hydroxyl groups excluding tert-OH is 1. The predicted molar refractivity (Wildman–Crippen MR) is 46.6 cm³/mol. The van der Waals surface area contributed by atoms with Crippen molar-refractivity contribution < 1.29 is 5.11 Å². The highest BCUT2D eigenvalue weighted by molar-refractivity contribution is 7.07. The first-order valence-corrected chi connectivity index (χ1v) is 4.85. The lowest BCUT2D eigenvalue weighted by Crippen LogP contribution is -1.96. The van der Waals surface area contributed by atoms with Gasteiger partial charge in [0.2, 0.25) is 0 Å². The van der Waals surface area contributed by atoms with E-state index in [1.807, 2.05) is 5.38 Å².